The Bertz CT molecular complexity index is 957. The largest absolute Gasteiger partial charge is 0.437 e. The summed E-state index contributed by atoms with van der Waals surface area (Å²) in [6, 6.07) is 20.0. The zero-order valence-electron chi connectivity index (χ0n) is 12.4. The van der Waals surface area contributed by atoms with Gasteiger partial charge in [-0.3, -0.25) is 4.98 Å². The van der Waals surface area contributed by atoms with Crippen LogP contribution in [0.25, 0.3) is 34.4 Å². The maximum absolute atomic E-state index is 5.77. The third kappa shape index (κ3) is 2.90. The number of hydrogen-bond acceptors (Lipinski definition) is 3. The first-order valence-corrected chi connectivity index (χ1v) is 7.43. The fourth-order valence-corrected chi connectivity index (χ4v) is 2.46. The Labute approximate surface area is 134 Å². The van der Waals surface area contributed by atoms with E-state index in [1.807, 2.05) is 79.0 Å². The van der Waals surface area contributed by atoms with Gasteiger partial charge in [0.2, 0.25) is 5.89 Å². The third-order valence-corrected chi connectivity index (χ3v) is 3.62. The van der Waals surface area contributed by atoms with Crippen LogP contribution in [0, 0.1) is 0 Å². The summed E-state index contributed by atoms with van der Waals surface area (Å²) < 4.78 is 5.77. The first-order chi connectivity index (χ1) is 11.4. The number of nitrogens with zero attached hydrogens (tertiary/aromatic N) is 2. The zero-order chi connectivity index (χ0) is 15.5. The van der Waals surface area contributed by atoms with Crippen LogP contribution in [0.15, 0.2) is 77.5 Å². The average molecular weight is 298 g/mol. The van der Waals surface area contributed by atoms with Crippen LogP contribution in [0.5, 0.6) is 0 Å². The second kappa shape index (κ2) is 5.89. The van der Waals surface area contributed by atoms with E-state index in [1.54, 1.807) is 6.20 Å². The smallest absolute Gasteiger partial charge is 0.220 e. The van der Waals surface area contributed by atoms with Gasteiger partial charge in [0.25, 0.3) is 0 Å². The summed E-state index contributed by atoms with van der Waals surface area (Å²) in [4.78, 5) is 8.69. The minimum Gasteiger partial charge on any atom is -0.437 e. The summed E-state index contributed by atoms with van der Waals surface area (Å²) in [5, 5.41) is 0. The van der Waals surface area contributed by atoms with Gasteiger partial charge < -0.3 is 4.42 Å². The van der Waals surface area contributed by atoms with Crippen LogP contribution in [-0.2, 0) is 0 Å². The van der Waals surface area contributed by atoms with Crippen LogP contribution < -0.4 is 0 Å². The molecule has 4 aromatic rings. The molecule has 110 valence electrons. The van der Waals surface area contributed by atoms with Gasteiger partial charge >= 0.3 is 0 Å². The van der Waals surface area contributed by atoms with Crippen LogP contribution in [0.3, 0.4) is 0 Å². The molecule has 0 radical (unpaired) electrons. The van der Waals surface area contributed by atoms with Crippen molar-refractivity contribution in [2.45, 2.75) is 0 Å². The molecule has 0 spiro atoms. The van der Waals surface area contributed by atoms with Crippen molar-refractivity contribution in [3.05, 3.63) is 84.5 Å². The second-order valence-electron chi connectivity index (χ2n) is 5.22. The number of rotatable bonds is 3. The lowest BCUT2D eigenvalue weighted by molar-refractivity contribution is 0.590. The molecule has 0 atom stereocenters. The molecule has 0 unspecified atom stereocenters. The Morgan fingerprint density at radius 3 is 2.57 bits per heavy atom. The first-order valence-electron chi connectivity index (χ1n) is 7.43. The Hall–Kier alpha value is -3.20. The molecule has 0 bridgehead atoms. The fraction of sp³-hybridized carbons (Fsp3) is 0. The van der Waals surface area contributed by atoms with Crippen LogP contribution in [-0.4, -0.2) is 9.97 Å². The van der Waals surface area contributed by atoms with E-state index in [4.69, 9.17) is 4.42 Å². The molecule has 2 aromatic heterocycles. The summed E-state index contributed by atoms with van der Waals surface area (Å²) >= 11 is 0. The molecule has 2 aromatic carbocycles. The predicted molar refractivity (Wildman–Crippen MR) is 92.6 cm³/mol. The van der Waals surface area contributed by atoms with Crippen molar-refractivity contribution in [2.75, 3.05) is 0 Å². The van der Waals surface area contributed by atoms with Gasteiger partial charge in [-0.05, 0) is 35.4 Å². The highest BCUT2D eigenvalue weighted by Crippen LogP contribution is 2.24. The lowest BCUT2D eigenvalue weighted by Crippen LogP contribution is -1.79. The Balaban J connectivity index is 1.67. The number of fused-ring (bicyclic) bond motifs is 1. The molecule has 0 saturated heterocycles. The van der Waals surface area contributed by atoms with Crippen molar-refractivity contribution in [1.82, 2.24) is 9.97 Å². The van der Waals surface area contributed by atoms with Gasteiger partial charge in [0.1, 0.15) is 5.52 Å². The molecule has 23 heavy (non-hydrogen) atoms. The van der Waals surface area contributed by atoms with E-state index in [9.17, 15) is 0 Å². The molecular formula is C20H14N2O. The molecule has 3 heteroatoms. The fourth-order valence-electron chi connectivity index (χ4n) is 2.46. The van der Waals surface area contributed by atoms with Crippen LogP contribution in [0.2, 0.25) is 0 Å². The van der Waals surface area contributed by atoms with E-state index in [1.165, 1.54) is 0 Å². The molecular weight excluding hydrogens is 284 g/mol. The van der Waals surface area contributed by atoms with Gasteiger partial charge in [-0.25, -0.2) is 4.98 Å². The molecule has 4 rings (SSSR count). The number of aromatic nitrogens is 2. The van der Waals surface area contributed by atoms with Crippen LogP contribution in [0.1, 0.15) is 11.5 Å². The predicted octanol–water partition coefficient (Wildman–Crippen LogP) is 5.06. The molecule has 0 aliphatic carbocycles. The number of oxazole rings is 1. The van der Waals surface area contributed by atoms with E-state index in [0.717, 1.165) is 27.8 Å². The normalized spacial score (nSPS) is 11.3. The highest BCUT2D eigenvalue weighted by molar-refractivity contribution is 5.81. The Kier molecular flexibility index (Phi) is 3.45. The Morgan fingerprint density at radius 1 is 0.826 bits per heavy atom. The lowest BCUT2D eigenvalue weighted by Gasteiger charge is -1.99. The topological polar surface area (TPSA) is 38.9 Å². The van der Waals surface area contributed by atoms with Gasteiger partial charge in [0, 0.05) is 24.0 Å². The van der Waals surface area contributed by atoms with Gasteiger partial charge in [-0.1, -0.05) is 42.5 Å². The van der Waals surface area contributed by atoms with Crippen molar-refractivity contribution in [3.63, 3.8) is 0 Å². The lowest BCUT2D eigenvalue weighted by atomic mass is 10.1. The minimum absolute atomic E-state index is 0.604. The van der Waals surface area contributed by atoms with Crippen molar-refractivity contribution < 1.29 is 4.42 Å². The van der Waals surface area contributed by atoms with E-state index in [2.05, 4.69) is 9.97 Å². The average Bonchev–Trinajstić information content (AvgIpc) is 3.04. The summed E-state index contributed by atoms with van der Waals surface area (Å²) in [6.07, 6.45) is 7.49. The van der Waals surface area contributed by atoms with E-state index < -0.39 is 0 Å². The number of benzene rings is 2. The van der Waals surface area contributed by atoms with Gasteiger partial charge in [-0.2, -0.15) is 0 Å². The SMILES string of the molecule is C(=C\c1nc2cc(-c3cccnc3)ccc2o1)/c1ccccc1. The molecule has 0 aliphatic rings. The van der Waals surface area contributed by atoms with Crippen LogP contribution >= 0.6 is 0 Å². The molecule has 2 heterocycles. The molecule has 0 N–H and O–H groups in total. The number of pyridine rings is 1. The maximum Gasteiger partial charge on any atom is 0.220 e. The van der Waals surface area contributed by atoms with Gasteiger partial charge in [0.05, 0.1) is 0 Å². The minimum atomic E-state index is 0.604. The van der Waals surface area contributed by atoms with Crippen molar-refractivity contribution in [1.29, 1.82) is 0 Å². The van der Waals surface area contributed by atoms with Crippen LogP contribution in [0.4, 0.5) is 0 Å². The molecule has 3 nitrogen and oxygen atoms in total. The zero-order valence-corrected chi connectivity index (χ0v) is 12.4. The molecule has 0 amide bonds. The monoisotopic (exact) mass is 298 g/mol. The van der Waals surface area contributed by atoms with E-state index >= 15 is 0 Å². The van der Waals surface area contributed by atoms with Gasteiger partial charge in [-0.15, -0.1) is 0 Å². The quantitative estimate of drug-likeness (QED) is 0.530. The summed E-state index contributed by atoms with van der Waals surface area (Å²) in [6.45, 7) is 0. The summed E-state index contributed by atoms with van der Waals surface area (Å²) in [5.41, 5.74) is 4.89. The molecule has 0 fully saturated rings. The van der Waals surface area contributed by atoms with Crippen molar-refractivity contribution >= 4 is 23.3 Å². The standard InChI is InChI=1S/C20H14N2O/c1-2-5-15(6-3-1)8-11-20-22-18-13-16(9-10-19(18)23-20)17-7-4-12-21-14-17/h1-14H/b11-8+. The number of hydrogen-bond donors (Lipinski definition) is 0. The molecule has 0 aliphatic heterocycles. The second-order valence-corrected chi connectivity index (χ2v) is 5.22. The van der Waals surface area contributed by atoms with Gasteiger partial charge in [0.15, 0.2) is 5.58 Å². The highest BCUT2D eigenvalue weighted by atomic mass is 16.3. The summed E-state index contributed by atoms with van der Waals surface area (Å²) in [7, 11) is 0. The summed E-state index contributed by atoms with van der Waals surface area (Å²) in [5.74, 6) is 0.604. The van der Waals surface area contributed by atoms with Crippen molar-refractivity contribution in [2.24, 2.45) is 0 Å². The van der Waals surface area contributed by atoms with Crippen molar-refractivity contribution in [3.8, 4) is 11.1 Å². The maximum atomic E-state index is 5.77. The van der Waals surface area contributed by atoms with E-state index in [0.29, 0.717) is 5.89 Å². The van der Waals surface area contributed by atoms with E-state index in [-0.39, 0.29) is 0 Å². The molecule has 0 saturated carbocycles. The first kappa shape index (κ1) is 13.5. The third-order valence-electron chi connectivity index (χ3n) is 3.62. The Morgan fingerprint density at radius 2 is 1.74 bits per heavy atom. The highest BCUT2D eigenvalue weighted by Gasteiger charge is 2.05.